The van der Waals surface area contributed by atoms with Gasteiger partial charge in [-0.15, -0.1) is 0 Å². The summed E-state index contributed by atoms with van der Waals surface area (Å²) >= 11 is 0. The summed E-state index contributed by atoms with van der Waals surface area (Å²) in [5.74, 6) is 0.408. The van der Waals surface area contributed by atoms with Crippen molar-refractivity contribution in [1.82, 2.24) is 5.32 Å². The van der Waals surface area contributed by atoms with Crippen molar-refractivity contribution in [1.29, 1.82) is 0 Å². The van der Waals surface area contributed by atoms with Gasteiger partial charge in [0.25, 0.3) is 0 Å². The standard InChI is InChI=1S/C13H21NO3/c1-9(2)5-4-6-14-8-11-7-12(13(15)16)17-10(11)3/h7,9,14H,4-6,8H2,1-3H3,(H,15,16). The molecule has 96 valence electrons. The molecule has 0 spiro atoms. The number of carboxylic acid groups (broad SMARTS) is 1. The Balaban J connectivity index is 2.34. The summed E-state index contributed by atoms with van der Waals surface area (Å²) in [7, 11) is 0. The quantitative estimate of drug-likeness (QED) is 0.718. The number of rotatable bonds is 7. The Labute approximate surface area is 102 Å². The summed E-state index contributed by atoms with van der Waals surface area (Å²) in [4.78, 5) is 10.7. The van der Waals surface area contributed by atoms with E-state index >= 15 is 0 Å². The molecule has 1 rings (SSSR count). The molecule has 1 aromatic rings. The summed E-state index contributed by atoms with van der Waals surface area (Å²) in [6.07, 6.45) is 2.35. The molecule has 2 N–H and O–H groups in total. The third kappa shape index (κ3) is 4.61. The third-order valence-corrected chi connectivity index (χ3v) is 2.68. The molecule has 0 unspecified atom stereocenters. The van der Waals surface area contributed by atoms with E-state index in [0.717, 1.165) is 24.4 Å². The highest BCUT2D eigenvalue weighted by Gasteiger charge is 2.12. The van der Waals surface area contributed by atoms with Crippen molar-refractivity contribution in [3.8, 4) is 0 Å². The lowest BCUT2D eigenvalue weighted by molar-refractivity contribution is 0.0661. The van der Waals surface area contributed by atoms with Crippen LogP contribution in [0.1, 0.15) is 48.6 Å². The van der Waals surface area contributed by atoms with Gasteiger partial charge in [0.05, 0.1) is 0 Å². The number of carboxylic acids is 1. The minimum absolute atomic E-state index is 0.0153. The molecule has 1 heterocycles. The van der Waals surface area contributed by atoms with Crippen LogP contribution in [0.4, 0.5) is 0 Å². The minimum Gasteiger partial charge on any atom is -0.475 e. The molecule has 0 atom stereocenters. The Kier molecular flexibility index (Phi) is 5.22. The number of aromatic carboxylic acids is 1. The molecule has 0 bridgehead atoms. The first-order valence-corrected chi connectivity index (χ1v) is 6.04. The van der Waals surface area contributed by atoms with Crippen molar-refractivity contribution in [2.45, 2.75) is 40.2 Å². The van der Waals surface area contributed by atoms with Gasteiger partial charge in [0, 0.05) is 12.1 Å². The van der Waals surface area contributed by atoms with E-state index in [2.05, 4.69) is 19.2 Å². The lowest BCUT2D eigenvalue weighted by atomic mass is 10.1. The number of carbonyl (C=O) groups is 1. The fourth-order valence-electron chi connectivity index (χ4n) is 1.66. The molecular formula is C13H21NO3. The molecule has 1 aromatic heterocycles. The van der Waals surface area contributed by atoms with E-state index in [9.17, 15) is 4.79 Å². The molecular weight excluding hydrogens is 218 g/mol. The van der Waals surface area contributed by atoms with Crippen molar-refractivity contribution >= 4 is 5.97 Å². The molecule has 0 aliphatic rings. The maximum absolute atomic E-state index is 10.7. The SMILES string of the molecule is Cc1oc(C(=O)O)cc1CNCCCC(C)C. The van der Waals surface area contributed by atoms with Crippen LogP contribution in [0.5, 0.6) is 0 Å². The monoisotopic (exact) mass is 239 g/mol. The Bertz CT molecular complexity index is 369. The fourth-order valence-corrected chi connectivity index (χ4v) is 1.66. The first-order valence-electron chi connectivity index (χ1n) is 6.04. The van der Waals surface area contributed by atoms with Gasteiger partial charge in [-0.05, 0) is 38.3 Å². The first kappa shape index (κ1) is 13.8. The number of hydrogen-bond donors (Lipinski definition) is 2. The van der Waals surface area contributed by atoms with Crippen molar-refractivity contribution in [3.63, 3.8) is 0 Å². The highest BCUT2D eigenvalue weighted by Crippen LogP contribution is 2.14. The van der Waals surface area contributed by atoms with E-state index in [-0.39, 0.29) is 5.76 Å². The lowest BCUT2D eigenvalue weighted by Crippen LogP contribution is -2.15. The molecule has 17 heavy (non-hydrogen) atoms. The van der Waals surface area contributed by atoms with Crippen LogP contribution in [-0.2, 0) is 6.54 Å². The summed E-state index contributed by atoms with van der Waals surface area (Å²) in [5.41, 5.74) is 0.923. The van der Waals surface area contributed by atoms with Gasteiger partial charge in [-0.2, -0.15) is 0 Å². The normalized spacial score (nSPS) is 11.1. The smallest absolute Gasteiger partial charge is 0.371 e. The van der Waals surface area contributed by atoms with Crippen LogP contribution >= 0.6 is 0 Å². The zero-order chi connectivity index (χ0) is 12.8. The van der Waals surface area contributed by atoms with Crippen LogP contribution in [0.15, 0.2) is 10.5 Å². The van der Waals surface area contributed by atoms with Gasteiger partial charge >= 0.3 is 5.97 Å². The molecule has 0 saturated heterocycles. The number of nitrogens with one attached hydrogen (secondary N) is 1. The molecule has 0 aliphatic heterocycles. The van der Waals surface area contributed by atoms with E-state index in [0.29, 0.717) is 12.3 Å². The maximum atomic E-state index is 10.7. The molecule has 0 aromatic carbocycles. The average molecular weight is 239 g/mol. The van der Waals surface area contributed by atoms with E-state index in [1.165, 1.54) is 6.42 Å². The van der Waals surface area contributed by atoms with Gasteiger partial charge < -0.3 is 14.8 Å². The highest BCUT2D eigenvalue weighted by atomic mass is 16.4. The van der Waals surface area contributed by atoms with Crippen LogP contribution < -0.4 is 5.32 Å². The van der Waals surface area contributed by atoms with Crippen molar-refractivity contribution < 1.29 is 14.3 Å². The summed E-state index contributed by atoms with van der Waals surface area (Å²) in [6.45, 7) is 7.82. The first-order chi connectivity index (χ1) is 8.00. The molecule has 0 amide bonds. The minimum atomic E-state index is -1.01. The van der Waals surface area contributed by atoms with Crippen LogP contribution in [0.3, 0.4) is 0 Å². The van der Waals surface area contributed by atoms with Gasteiger partial charge in [-0.25, -0.2) is 4.79 Å². The predicted molar refractivity (Wildman–Crippen MR) is 66.2 cm³/mol. The number of aryl methyl sites for hydroxylation is 1. The van der Waals surface area contributed by atoms with Crippen LogP contribution in [-0.4, -0.2) is 17.6 Å². The van der Waals surface area contributed by atoms with Gasteiger partial charge in [0.15, 0.2) is 0 Å². The van der Waals surface area contributed by atoms with E-state index in [1.54, 1.807) is 13.0 Å². The van der Waals surface area contributed by atoms with Crippen molar-refractivity contribution in [2.75, 3.05) is 6.54 Å². The molecule has 4 nitrogen and oxygen atoms in total. The van der Waals surface area contributed by atoms with Gasteiger partial charge in [-0.1, -0.05) is 13.8 Å². The summed E-state index contributed by atoms with van der Waals surface area (Å²) in [6, 6.07) is 1.59. The highest BCUT2D eigenvalue weighted by molar-refractivity contribution is 5.84. The van der Waals surface area contributed by atoms with Gasteiger partial charge in [0.2, 0.25) is 5.76 Å². The molecule has 0 fully saturated rings. The lowest BCUT2D eigenvalue weighted by Gasteiger charge is -2.05. The third-order valence-electron chi connectivity index (χ3n) is 2.68. The number of hydrogen-bond acceptors (Lipinski definition) is 3. The summed E-state index contributed by atoms with van der Waals surface area (Å²) in [5, 5.41) is 12.1. The Morgan fingerprint density at radius 1 is 1.53 bits per heavy atom. The van der Waals surface area contributed by atoms with Crippen LogP contribution in [0.25, 0.3) is 0 Å². The van der Waals surface area contributed by atoms with Crippen LogP contribution in [0.2, 0.25) is 0 Å². The molecule has 0 radical (unpaired) electrons. The zero-order valence-corrected chi connectivity index (χ0v) is 10.7. The topological polar surface area (TPSA) is 62.5 Å². The fraction of sp³-hybridized carbons (Fsp3) is 0.615. The zero-order valence-electron chi connectivity index (χ0n) is 10.7. The molecule has 0 aliphatic carbocycles. The Morgan fingerprint density at radius 3 is 2.76 bits per heavy atom. The van der Waals surface area contributed by atoms with E-state index in [4.69, 9.17) is 9.52 Å². The average Bonchev–Trinajstić information content (AvgIpc) is 2.59. The second kappa shape index (κ2) is 6.45. The Hall–Kier alpha value is -1.29. The van der Waals surface area contributed by atoms with E-state index in [1.807, 2.05) is 0 Å². The van der Waals surface area contributed by atoms with E-state index < -0.39 is 5.97 Å². The Morgan fingerprint density at radius 2 is 2.24 bits per heavy atom. The van der Waals surface area contributed by atoms with Crippen LogP contribution in [0, 0.1) is 12.8 Å². The largest absolute Gasteiger partial charge is 0.475 e. The second-order valence-electron chi connectivity index (χ2n) is 4.71. The number of furan rings is 1. The second-order valence-corrected chi connectivity index (χ2v) is 4.71. The van der Waals surface area contributed by atoms with Gasteiger partial charge in [0.1, 0.15) is 5.76 Å². The molecule has 4 heteroatoms. The van der Waals surface area contributed by atoms with Crippen molar-refractivity contribution in [2.24, 2.45) is 5.92 Å². The predicted octanol–water partition coefficient (Wildman–Crippen LogP) is 2.81. The maximum Gasteiger partial charge on any atom is 0.371 e. The summed E-state index contributed by atoms with van der Waals surface area (Å²) < 4.78 is 5.13. The van der Waals surface area contributed by atoms with Gasteiger partial charge in [-0.3, -0.25) is 0 Å². The van der Waals surface area contributed by atoms with Crippen molar-refractivity contribution in [3.05, 3.63) is 23.2 Å². The molecule has 0 saturated carbocycles.